The van der Waals surface area contributed by atoms with Gasteiger partial charge in [0.25, 0.3) is 11.8 Å². The second-order valence-electron chi connectivity index (χ2n) is 10.5. The highest BCUT2D eigenvalue weighted by molar-refractivity contribution is 6.12. The Morgan fingerprint density at radius 1 is 0.766 bits per heavy atom. The molecule has 0 atom stereocenters. The van der Waals surface area contributed by atoms with Crippen LogP contribution in [0.2, 0.25) is 0 Å². The van der Waals surface area contributed by atoms with Gasteiger partial charge in [-0.2, -0.15) is 0 Å². The Bertz CT molecular complexity index is 2070. The Hall–Kier alpha value is -6.56. The Labute approximate surface area is 269 Å². The molecule has 0 bridgehead atoms. The first-order valence-electron chi connectivity index (χ1n) is 14.3. The van der Waals surface area contributed by atoms with Gasteiger partial charge in [0.1, 0.15) is 17.1 Å². The number of carbonyl (C=O) groups excluding carboxylic acids is 4. The molecular weight excluding hydrogens is 600 g/mol. The molecule has 0 aromatic heterocycles. The van der Waals surface area contributed by atoms with Crippen molar-refractivity contribution in [2.75, 3.05) is 23.1 Å². The summed E-state index contributed by atoms with van der Waals surface area (Å²) in [5, 5.41) is 29.3. The van der Waals surface area contributed by atoms with Crippen molar-refractivity contribution in [2.45, 2.75) is 13.8 Å². The van der Waals surface area contributed by atoms with E-state index in [0.717, 1.165) is 5.56 Å². The second kappa shape index (κ2) is 13.6. The van der Waals surface area contributed by atoms with E-state index in [1.165, 1.54) is 26.2 Å². The molecule has 47 heavy (non-hydrogen) atoms. The average Bonchev–Trinajstić information content (AvgIpc) is 3.05. The van der Waals surface area contributed by atoms with Gasteiger partial charge < -0.3 is 31.5 Å². The van der Waals surface area contributed by atoms with E-state index in [-0.39, 0.29) is 34.0 Å². The van der Waals surface area contributed by atoms with Crippen LogP contribution in [0.25, 0.3) is 10.8 Å². The number of aryl methyl sites for hydroxylation is 1. The van der Waals surface area contributed by atoms with Crippen LogP contribution in [0.5, 0.6) is 11.5 Å². The van der Waals surface area contributed by atoms with Crippen molar-refractivity contribution in [3.8, 4) is 11.5 Å². The molecule has 12 heteroatoms. The maximum Gasteiger partial charge on any atom is 0.259 e. The van der Waals surface area contributed by atoms with Crippen LogP contribution in [-0.4, -0.2) is 35.8 Å². The standard InChI is InChI=1S/C35H30N6O6/c1-19-8-9-22(33(36)44)17-28(19)39-34(45)23-10-15-30(47-3)29(18-23)40-41-31-26-7-5-4-6-21(26)16-27(32(31)43)35(46)38-25-13-11-24(12-14-25)37-20(2)42/h4-18,43H,1-3H3,(H2,36,44)(H,37,42)(H,38,46)(H,39,45). The molecule has 0 saturated heterocycles. The van der Waals surface area contributed by atoms with E-state index >= 15 is 0 Å². The van der Waals surface area contributed by atoms with Crippen molar-refractivity contribution >= 4 is 62.8 Å². The lowest BCUT2D eigenvalue weighted by Gasteiger charge is -2.12. The molecule has 4 amide bonds. The molecule has 0 fully saturated rings. The van der Waals surface area contributed by atoms with Crippen molar-refractivity contribution in [1.82, 2.24) is 0 Å². The molecule has 0 spiro atoms. The number of nitrogens with one attached hydrogen (secondary N) is 3. The predicted molar refractivity (Wildman–Crippen MR) is 179 cm³/mol. The van der Waals surface area contributed by atoms with Crippen LogP contribution in [0, 0.1) is 6.92 Å². The zero-order valence-corrected chi connectivity index (χ0v) is 25.6. The first kappa shape index (κ1) is 31.9. The Kier molecular flexibility index (Phi) is 9.22. The van der Waals surface area contributed by atoms with Gasteiger partial charge >= 0.3 is 0 Å². The van der Waals surface area contributed by atoms with Gasteiger partial charge in [0.15, 0.2) is 5.75 Å². The molecule has 5 aromatic carbocycles. The van der Waals surface area contributed by atoms with Crippen molar-refractivity contribution in [1.29, 1.82) is 0 Å². The molecule has 0 saturated carbocycles. The van der Waals surface area contributed by atoms with Crippen LogP contribution in [-0.2, 0) is 4.79 Å². The number of aromatic hydroxyl groups is 1. The van der Waals surface area contributed by atoms with Crippen molar-refractivity contribution in [3.05, 3.63) is 113 Å². The zero-order chi connectivity index (χ0) is 33.7. The quantitative estimate of drug-likeness (QED) is 0.111. The van der Waals surface area contributed by atoms with Gasteiger partial charge in [-0.1, -0.05) is 30.3 Å². The average molecular weight is 631 g/mol. The largest absolute Gasteiger partial charge is 0.505 e. The number of fused-ring (bicyclic) bond motifs is 1. The fourth-order valence-electron chi connectivity index (χ4n) is 4.75. The number of phenols is 1. The van der Waals surface area contributed by atoms with E-state index in [2.05, 4.69) is 26.2 Å². The fourth-order valence-corrected chi connectivity index (χ4v) is 4.75. The number of ether oxygens (including phenoxy) is 1. The number of amides is 4. The molecule has 0 heterocycles. The number of phenolic OH excluding ortho intramolecular Hbond substituents is 1. The summed E-state index contributed by atoms with van der Waals surface area (Å²) >= 11 is 0. The van der Waals surface area contributed by atoms with Gasteiger partial charge in [-0.3, -0.25) is 19.2 Å². The lowest BCUT2D eigenvalue weighted by Crippen LogP contribution is -2.15. The predicted octanol–water partition coefficient (Wildman–Crippen LogP) is 6.84. The minimum atomic E-state index is -0.623. The van der Waals surface area contributed by atoms with Crippen LogP contribution in [0.1, 0.15) is 43.6 Å². The number of rotatable bonds is 9. The number of primary amides is 1. The molecule has 0 radical (unpaired) electrons. The van der Waals surface area contributed by atoms with E-state index in [4.69, 9.17) is 10.5 Å². The normalized spacial score (nSPS) is 10.9. The monoisotopic (exact) mass is 630 g/mol. The van der Waals surface area contributed by atoms with Crippen molar-refractivity contribution in [3.63, 3.8) is 0 Å². The van der Waals surface area contributed by atoms with Crippen LogP contribution in [0.4, 0.5) is 28.4 Å². The molecular formula is C35H30N6O6. The van der Waals surface area contributed by atoms with E-state index in [1.54, 1.807) is 85.8 Å². The molecule has 5 aromatic rings. The van der Waals surface area contributed by atoms with Gasteiger partial charge in [-0.25, -0.2) is 0 Å². The Balaban J connectivity index is 1.46. The van der Waals surface area contributed by atoms with Crippen LogP contribution >= 0.6 is 0 Å². The maximum absolute atomic E-state index is 13.3. The van der Waals surface area contributed by atoms with E-state index in [1.807, 2.05) is 0 Å². The number of nitrogens with zero attached hydrogens (tertiary/aromatic N) is 2. The maximum atomic E-state index is 13.3. The lowest BCUT2D eigenvalue weighted by atomic mass is 10.0. The number of hydrogen-bond acceptors (Lipinski definition) is 8. The molecule has 236 valence electrons. The summed E-state index contributed by atoms with van der Waals surface area (Å²) in [5.74, 6) is -2.02. The molecule has 0 aliphatic rings. The number of methoxy groups -OCH3 is 1. The second-order valence-corrected chi connectivity index (χ2v) is 10.5. The Morgan fingerprint density at radius 3 is 2.13 bits per heavy atom. The van der Waals surface area contributed by atoms with Crippen LogP contribution < -0.4 is 26.4 Å². The molecule has 6 N–H and O–H groups in total. The molecule has 0 unspecified atom stereocenters. The Morgan fingerprint density at radius 2 is 1.45 bits per heavy atom. The summed E-state index contributed by atoms with van der Waals surface area (Å²) in [4.78, 5) is 49.5. The van der Waals surface area contributed by atoms with Crippen LogP contribution in [0.3, 0.4) is 0 Å². The third kappa shape index (κ3) is 7.23. The van der Waals surface area contributed by atoms with Gasteiger partial charge in [-0.15, -0.1) is 10.2 Å². The third-order valence-corrected chi connectivity index (χ3v) is 7.17. The summed E-state index contributed by atoms with van der Waals surface area (Å²) in [6.45, 7) is 3.18. The first-order chi connectivity index (χ1) is 22.5. The van der Waals surface area contributed by atoms with E-state index in [0.29, 0.717) is 33.6 Å². The third-order valence-electron chi connectivity index (χ3n) is 7.17. The van der Waals surface area contributed by atoms with Gasteiger partial charge in [0.05, 0.1) is 12.7 Å². The topological polar surface area (TPSA) is 185 Å². The molecule has 12 nitrogen and oxygen atoms in total. The van der Waals surface area contributed by atoms with Crippen LogP contribution in [0.15, 0.2) is 101 Å². The zero-order valence-electron chi connectivity index (χ0n) is 25.6. The highest BCUT2D eigenvalue weighted by atomic mass is 16.5. The number of hydrogen-bond donors (Lipinski definition) is 5. The SMILES string of the molecule is COc1ccc(C(=O)Nc2cc(C(N)=O)ccc2C)cc1N=Nc1c(O)c(C(=O)Nc2ccc(NC(C)=O)cc2)cc2ccccc12. The summed E-state index contributed by atoms with van der Waals surface area (Å²) in [7, 11) is 1.44. The summed E-state index contributed by atoms with van der Waals surface area (Å²) in [6, 6.07) is 24.4. The highest BCUT2D eigenvalue weighted by Crippen LogP contribution is 2.40. The summed E-state index contributed by atoms with van der Waals surface area (Å²) in [6.07, 6.45) is 0. The number of anilines is 3. The van der Waals surface area contributed by atoms with Gasteiger partial charge in [-0.05, 0) is 78.5 Å². The minimum absolute atomic E-state index is 0.0325. The highest BCUT2D eigenvalue weighted by Gasteiger charge is 2.19. The fraction of sp³-hybridized carbons (Fsp3) is 0.0857. The number of nitrogens with two attached hydrogens (primary N) is 1. The minimum Gasteiger partial charge on any atom is -0.505 e. The van der Waals surface area contributed by atoms with Crippen molar-refractivity contribution in [2.24, 2.45) is 16.0 Å². The van der Waals surface area contributed by atoms with Gasteiger partial charge in [0.2, 0.25) is 11.8 Å². The number of benzene rings is 5. The first-order valence-corrected chi connectivity index (χ1v) is 14.3. The van der Waals surface area contributed by atoms with E-state index in [9.17, 15) is 24.3 Å². The summed E-state index contributed by atoms with van der Waals surface area (Å²) < 4.78 is 5.44. The molecule has 0 aliphatic heterocycles. The number of carbonyl (C=O) groups is 4. The van der Waals surface area contributed by atoms with Gasteiger partial charge in [0, 0.05) is 40.5 Å². The molecule has 5 rings (SSSR count). The number of azo groups is 1. The molecule has 0 aliphatic carbocycles. The van der Waals surface area contributed by atoms with E-state index < -0.39 is 23.5 Å². The van der Waals surface area contributed by atoms with Crippen molar-refractivity contribution < 1.29 is 29.0 Å². The smallest absolute Gasteiger partial charge is 0.259 e. The lowest BCUT2D eigenvalue weighted by molar-refractivity contribution is -0.114. The summed E-state index contributed by atoms with van der Waals surface area (Å²) in [5.41, 5.74) is 8.18.